The fourth-order valence-corrected chi connectivity index (χ4v) is 1.96. The van der Waals surface area contributed by atoms with Crippen LogP contribution in [0.5, 0.6) is 11.5 Å². The number of ether oxygens (including phenoxy) is 1. The van der Waals surface area contributed by atoms with E-state index in [0.29, 0.717) is 0 Å². The van der Waals surface area contributed by atoms with Gasteiger partial charge in [0.2, 0.25) is 0 Å². The van der Waals surface area contributed by atoms with Gasteiger partial charge in [-0.1, -0.05) is 11.6 Å². The van der Waals surface area contributed by atoms with Crippen LogP contribution in [0.4, 0.5) is 8.78 Å². The van der Waals surface area contributed by atoms with E-state index in [1.54, 1.807) is 0 Å². The molecule has 25 heavy (non-hydrogen) atoms. The lowest BCUT2D eigenvalue weighted by atomic mass is 10.2. The minimum absolute atomic E-state index is 0.0552. The molecule has 0 spiro atoms. The Hall–Kier alpha value is -2.87. The fourth-order valence-electron chi connectivity index (χ4n) is 1.79. The summed E-state index contributed by atoms with van der Waals surface area (Å²) in [7, 11) is 0. The number of carbonyl (C=O) groups excluding carboxylic acids is 2. The first kappa shape index (κ1) is 18.5. The van der Waals surface area contributed by atoms with Crippen molar-refractivity contribution in [3.63, 3.8) is 0 Å². The summed E-state index contributed by atoms with van der Waals surface area (Å²) in [5.41, 5.74) is 4.03. The highest BCUT2D eigenvalue weighted by Gasteiger charge is 2.18. The minimum atomic E-state index is -1.12. The van der Waals surface area contributed by atoms with Gasteiger partial charge in [-0.25, -0.2) is 8.78 Å². The van der Waals surface area contributed by atoms with Gasteiger partial charge < -0.3 is 9.84 Å². The van der Waals surface area contributed by atoms with Crippen molar-refractivity contribution in [2.45, 2.75) is 13.0 Å². The molecule has 1 atom stereocenters. The van der Waals surface area contributed by atoms with Crippen LogP contribution in [0, 0.1) is 11.6 Å². The zero-order chi connectivity index (χ0) is 18.6. The summed E-state index contributed by atoms with van der Waals surface area (Å²) in [4.78, 5) is 23.8. The van der Waals surface area contributed by atoms with Gasteiger partial charge >= 0.3 is 0 Å². The highest BCUT2D eigenvalue weighted by Crippen LogP contribution is 2.21. The smallest absolute Gasteiger partial charge is 0.279 e. The van der Waals surface area contributed by atoms with E-state index in [2.05, 4.69) is 10.9 Å². The number of hydrogen-bond acceptors (Lipinski definition) is 4. The Balaban J connectivity index is 1.93. The second-order valence-electron chi connectivity index (χ2n) is 4.94. The van der Waals surface area contributed by atoms with E-state index in [1.165, 1.54) is 25.1 Å². The molecule has 6 nitrogen and oxygen atoms in total. The molecule has 2 rings (SSSR count). The van der Waals surface area contributed by atoms with Gasteiger partial charge in [0.1, 0.15) is 11.5 Å². The van der Waals surface area contributed by atoms with E-state index in [1.807, 2.05) is 0 Å². The zero-order valence-electron chi connectivity index (χ0n) is 12.8. The number of aromatic hydroxyl groups is 1. The maximum Gasteiger partial charge on any atom is 0.279 e. The summed E-state index contributed by atoms with van der Waals surface area (Å²) < 4.78 is 31.1. The van der Waals surface area contributed by atoms with Gasteiger partial charge in [0.25, 0.3) is 11.8 Å². The number of nitrogens with one attached hydrogen (secondary N) is 2. The summed E-state index contributed by atoms with van der Waals surface area (Å²) in [6.07, 6.45) is -1.11. The van der Waals surface area contributed by atoms with Crippen molar-refractivity contribution in [3.05, 3.63) is 58.6 Å². The van der Waals surface area contributed by atoms with Crippen molar-refractivity contribution in [1.82, 2.24) is 10.9 Å². The van der Waals surface area contributed by atoms with Crippen molar-refractivity contribution in [3.8, 4) is 11.5 Å². The maximum absolute atomic E-state index is 13.1. The Labute approximate surface area is 146 Å². The number of phenols is 1. The van der Waals surface area contributed by atoms with Crippen molar-refractivity contribution >= 4 is 23.4 Å². The minimum Gasteiger partial charge on any atom is -0.507 e. The van der Waals surface area contributed by atoms with E-state index in [4.69, 9.17) is 16.3 Å². The predicted octanol–water partition coefficient (Wildman–Crippen LogP) is 2.55. The normalized spacial score (nSPS) is 11.5. The molecule has 0 saturated heterocycles. The number of amides is 2. The Bertz CT molecular complexity index is 817. The quantitative estimate of drug-likeness (QED) is 0.722. The zero-order valence-corrected chi connectivity index (χ0v) is 13.6. The molecule has 0 aromatic heterocycles. The number of halogens is 3. The van der Waals surface area contributed by atoms with Crippen molar-refractivity contribution < 1.29 is 28.2 Å². The summed E-state index contributed by atoms with van der Waals surface area (Å²) in [5, 5.41) is 9.83. The highest BCUT2D eigenvalue weighted by molar-refractivity contribution is 6.31. The second kappa shape index (κ2) is 7.80. The molecule has 0 heterocycles. The summed E-state index contributed by atoms with van der Waals surface area (Å²) in [5.74, 6) is -4.08. The molecule has 132 valence electrons. The molecule has 0 aliphatic heterocycles. The molecule has 2 aromatic rings. The first-order valence-corrected chi connectivity index (χ1v) is 7.36. The van der Waals surface area contributed by atoms with Crippen LogP contribution in [0.25, 0.3) is 0 Å². The Morgan fingerprint density at radius 2 is 1.84 bits per heavy atom. The maximum atomic E-state index is 13.1. The van der Waals surface area contributed by atoms with E-state index in [9.17, 15) is 23.5 Å². The summed E-state index contributed by atoms with van der Waals surface area (Å²) in [6.45, 7) is 1.35. The van der Waals surface area contributed by atoms with Crippen molar-refractivity contribution in [1.29, 1.82) is 0 Å². The van der Waals surface area contributed by atoms with Crippen LogP contribution in [0.3, 0.4) is 0 Å². The molecular formula is C16H13ClF2N2O4. The fraction of sp³-hybridized carbons (Fsp3) is 0.125. The average Bonchev–Trinajstić information content (AvgIpc) is 2.57. The average molecular weight is 371 g/mol. The molecular weight excluding hydrogens is 358 g/mol. The van der Waals surface area contributed by atoms with Gasteiger partial charge in [-0.2, -0.15) is 0 Å². The molecule has 0 radical (unpaired) electrons. The standard InChI is InChI=1S/C16H13ClF2N2O4/c1-8(25-10-3-4-12(18)13(19)7-10)15(23)20-21-16(24)11-6-9(17)2-5-14(11)22/h2-8,22H,1H3,(H,20,23)(H,21,24). The number of phenolic OH excluding ortho intramolecular Hbond substituents is 1. The van der Waals surface area contributed by atoms with E-state index in [0.717, 1.165) is 18.2 Å². The summed E-state index contributed by atoms with van der Waals surface area (Å²) in [6, 6.07) is 6.66. The molecule has 1 unspecified atom stereocenters. The van der Waals surface area contributed by atoms with Gasteiger partial charge in [-0.3, -0.25) is 20.4 Å². The van der Waals surface area contributed by atoms with E-state index < -0.39 is 29.6 Å². The van der Waals surface area contributed by atoms with Crippen LogP contribution >= 0.6 is 11.6 Å². The topological polar surface area (TPSA) is 87.7 Å². The first-order valence-electron chi connectivity index (χ1n) is 6.98. The predicted molar refractivity (Wildman–Crippen MR) is 85.2 cm³/mol. The van der Waals surface area contributed by atoms with Gasteiger partial charge in [-0.15, -0.1) is 0 Å². The molecule has 2 aromatic carbocycles. The monoisotopic (exact) mass is 370 g/mol. The van der Waals surface area contributed by atoms with Crippen molar-refractivity contribution in [2.75, 3.05) is 0 Å². The van der Waals surface area contributed by atoms with Crippen LogP contribution in [0.1, 0.15) is 17.3 Å². The van der Waals surface area contributed by atoms with Gasteiger partial charge in [0.15, 0.2) is 17.7 Å². The van der Waals surface area contributed by atoms with Crippen molar-refractivity contribution in [2.24, 2.45) is 0 Å². The number of hydrazine groups is 1. The van der Waals surface area contributed by atoms with Gasteiger partial charge in [-0.05, 0) is 37.3 Å². The molecule has 0 bridgehead atoms. The van der Waals surface area contributed by atoms with E-state index in [-0.39, 0.29) is 22.1 Å². The molecule has 3 N–H and O–H groups in total. The Kier molecular flexibility index (Phi) is 5.76. The van der Waals surface area contributed by atoms with Gasteiger partial charge in [0.05, 0.1) is 5.56 Å². The molecule has 0 saturated carbocycles. The number of hydrogen-bond donors (Lipinski definition) is 3. The summed E-state index contributed by atoms with van der Waals surface area (Å²) >= 11 is 5.73. The van der Waals surface area contributed by atoms with Crippen LogP contribution in [-0.4, -0.2) is 23.0 Å². The molecule has 0 aliphatic rings. The lowest BCUT2D eigenvalue weighted by Gasteiger charge is -2.15. The molecule has 0 aliphatic carbocycles. The SMILES string of the molecule is CC(Oc1ccc(F)c(F)c1)C(=O)NNC(=O)c1cc(Cl)ccc1O. The number of carbonyl (C=O) groups is 2. The third-order valence-corrected chi connectivity index (χ3v) is 3.31. The first-order chi connectivity index (χ1) is 11.8. The molecule has 9 heteroatoms. The van der Waals surface area contributed by atoms with Gasteiger partial charge in [0, 0.05) is 11.1 Å². The van der Waals surface area contributed by atoms with Crippen LogP contribution in [0.15, 0.2) is 36.4 Å². The van der Waals surface area contributed by atoms with Crippen LogP contribution in [-0.2, 0) is 4.79 Å². The third-order valence-electron chi connectivity index (χ3n) is 3.08. The second-order valence-corrected chi connectivity index (χ2v) is 5.38. The lowest BCUT2D eigenvalue weighted by molar-refractivity contribution is -0.128. The largest absolute Gasteiger partial charge is 0.507 e. The van der Waals surface area contributed by atoms with E-state index >= 15 is 0 Å². The Morgan fingerprint density at radius 3 is 2.52 bits per heavy atom. The molecule has 2 amide bonds. The number of rotatable bonds is 4. The third kappa shape index (κ3) is 4.80. The highest BCUT2D eigenvalue weighted by atomic mass is 35.5. The van der Waals surface area contributed by atoms with Crippen LogP contribution in [0.2, 0.25) is 5.02 Å². The number of benzene rings is 2. The lowest BCUT2D eigenvalue weighted by Crippen LogP contribution is -2.47. The van der Waals surface area contributed by atoms with Crippen LogP contribution < -0.4 is 15.6 Å². The Morgan fingerprint density at radius 1 is 1.12 bits per heavy atom. The molecule has 0 fully saturated rings.